The average Bonchev–Trinajstić information content (AvgIpc) is 1.65. The summed E-state index contributed by atoms with van der Waals surface area (Å²) in [6.45, 7) is 7.01. The molecule has 0 amide bonds. The molecule has 0 aliphatic heterocycles. The number of halogens is 1. The first kappa shape index (κ1) is 6.70. The minimum atomic E-state index is 0.500. The predicted molar refractivity (Wildman–Crippen MR) is 33.8 cm³/mol. The normalized spacial score (nSPS) is 7.86. The van der Waals surface area contributed by atoms with E-state index in [1.807, 2.05) is 13.8 Å². The number of hydrogen-bond acceptors (Lipinski definition) is 1. The summed E-state index contributed by atoms with van der Waals surface area (Å²) >= 11 is 5.45. The molecule has 0 spiro atoms. The maximum Gasteiger partial charge on any atom is 0.126 e. The molecule has 0 unspecified atom stereocenters. The molecule has 40 valence electrons. The van der Waals surface area contributed by atoms with Crippen molar-refractivity contribution in [2.45, 2.75) is 13.8 Å². The van der Waals surface area contributed by atoms with Crippen LogP contribution in [0.5, 0.6) is 0 Å². The van der Waals surface area contributed by atoms with E-state index in [2.05, 4.69) is 11.7 Å². The van der Waals surface area contributed by atoms with Gasteiger partial charge in [0.2, 0.25) is 0 Å². The lowest BCUT2D eigenvalue weighted by atomic mass is 10.4. The zero-order valence-corrected chi connectivity index (χ0v) is 5.29. The van der Waals surface area contributed by atoms with Crippen molar-refractivity contribution < 1.29 is 0 Å². The summed E-state index contributed by atoms with van der Waals surface area (Å²) in [4.78, 5) is 3.48. The summed E-state index contributed by atoms with van der Waals surface area (Å²) < 4.78 is 0. The van der Waals surface area contributed by atoms with Crippen LogP contribution in [0, 0.1) is 0 Å². The van der Waals surface area contributed by atoms with Crippen LogP contribution in [0.3, 0.4) is 0 Å². The largest absolute Gasteiger partial charge is 0.252 e. The summed E-state index contributed by atoms with van der Waals surface area (Å²) in [6, 6.07) is 0. The van der Waals surface area contributed by atoms with Crippen LogP contribution in [0.4, 0.5) is 0 Å². The molecule has 0 fully saturated rings. The number of aliphatic imine (C=N–C) groups is 1. The summed E-state index contributed by atoms with van der Waals surface area (Å²) in [5, 5.41) is 0.500. The molecule has 0 aromatic rings. The molecule has 0 aromatic carbocycles. The summed E-state index contributed by atoms with van der Waals surface area (Å²) in [5.41, 5.74) is 0.997. The monoisotopic (exact) mass is 117 g/mol. The highest BCUT2D eigenvalue weighted by Gasteiger charge is 1.83. The summed E-state index contributed by atoms with van der Waals surface area (Å²) in [6.07, 6.45) is 0. The van der Waals surface area contributed by atoms with Crippen LogP contribution in [0.2, 0.25) is 0 Å². The minimum absolute atomic E-state index is 0.500. The predicted octanol–water partition coefficient (Wildman–Crippen LogP) is 2.18. The zero-order chi connectivity index (χ0) is 5.86. The van der Waals surface area contributed by atoms with Crippen LogP contribution in [0.1, 0.15) is 13.8 Å². The molecular formula is C5H8ClN. The van der Waals surface area contributed by atoms with E-state index >= 15 is 0 Å². The third kappa shape index (κ3) is 2.40. The first-order valence-corrected chi connectivity index (χ1v) is 2.36. The fraction of sp³-hybridized carbons (Fsp3) is 0.400. The molecule has 2 heteroatoms. The zero-order valence-electron chi connectivity index (χ0n) is 4.53. The third-order valence-electron chi connectivity index (χ3n) is 0.551. The molecule has 0 atom stereocenters. The highest BCUT2D eigenvalue weighted by molar-refractivity contribution is 6.29. The highest BCUT2D eigenvalue weighted by atomic mass is 35.5. The van der Waals surface area contributed by atoms with Gasteiger partial charge in [0.05, 0.1) is 0 Å². The topological polar surface area (TPSA) is 12.4 Å². The van der Waals surface area contributed by atoms with Crippen LogP contribution in [-0.2, 0) is 0 Å². The van der Waals surface area contributed by atoms with E-state index in [0.29, 0.717) is 5.16 Å². The first-order valence-electron chi connectivity index (χ1n) is 1.98. The smallest absolute Gasteiger partial charge is 0.126 e. The van der Waals surface area contributed by atoms with Gasteiger partial charge in [0.15, 0.2) is 0 Å². The Morgan fingerprint density at radius 1 is 1.57 bits per heavy atom. The summed E-state index contributed by atoms with van der Waals surface area (Å²) in [7, 11) is 0. The van der Waals surface area contributed by atoms with Crippen molar-refractivity contribution >= 4 is 18.3 Å². The van der Waals surface area contributed by atoms with E-state index in [4.69, 9.17) is 11.6 Å². The fourth-order valence-electron chi connectivity index (χ4n) is 0.158. The molecule has 0 bridgehead atoms. The van der Waals surface area contributed by atoms with Crippen molar-refractivity contribution in [2.75, 3.05) is 0 Å². The Hall–Kier alpha value is -0.300. The lowest BCUT2D eigenvalue weighted by Crippen LogP contribution is -1.66. The molecule has 0 saturated heterocycles. The van der Waals surface area contributed by atoms with Crippen molar-refractivity contribution in [3.8, 4) is 0 Å². The van der Waals surface area contributed by atoms with Crippen molar-refractivity contribution in [1.29, 1.82) is 0 Å². The van der Waals surface area contributed by atoms with Crippen LogP contribution in [0.25, 0.3) is 0 Å². The maximum atomic E-state index is 5.45. The molecule has 0 aliphatic rings. The molecule has 0 saturated carbocycles. The Balaban J connectivity index is 3.98. The lowest BCUT2D eigenvalue weighted by Gasteiger charge is -1.86. The second kappa shape index (κ2) is 2.80. The average molecular weight is 118 g/mol. The van der Waals surface area contributed by atoms with Gasteiger partial charge in [0.25, 0.3) is 0 Å². The van der Waals surface area contributed by atoms with Gasteiger partial charge in [-0.1, -0.05) is 11.6 Å². The quantitative estimate of drug-likeness (QED) is 0.369. The molecule has 0 heterocycles. The number of allylic oxidation sites excluding steroid dienone is 1. The maximum absolute atomic E-state index is 5.45. The van der Waals surface area contributed by atoms with Crippen LogP contribution in [-0.4, -0.2) is 6.72 Å². The van der Waals surface area contributed by atoms with Crippen molar-refractivity contribution in [3.63, 3.8) is 0 Å². The summed E-state index contributed by atoms with van der Waals surface area (Å²) in [5.74, 6) is 0. The van der Waals surface area contributed by atoms with E-state index in [1.165, 1.54) is 0 Å². The molecule has 0 radical (unpaired) electrons. The Morgan fingerprint density at radius 2 is 2.00 bits per heavy atom. The number of hydrogen-bond donors (Lipinski definition) is 0. The van der Waals surface area contributed by atoms with Crippen molar-refractivity contribution in [2.24, 2.45) is 4.99 Å². The van der Waals surface area contributed by atoms with Gasteiger partial charge in [-0.3, -0.25) is 4.99 Å². The highest BCUT2D eigenvalue weighted by Crippen LogP contribution is 2.07. The van der Waals surface area contributed by atoms with Crippen LogP contribution in [0.15, 0.2) is 15.7 Å². The number of rotatable bonds is 1. The SMILES string of the molecule is C=NC(Cl)=C(C)C. The van der Waals surface area contributed by atoms with Gasteiger partial charge < -0.3 is 0 Å². The Bertz CT molecular complexity index is 101. The van der Waals surface area contributed by atoms with Crippen molar-refractivity contribution in [1.82, 2.24) is 0 Å². The van der Waals surface area contributed by atoms with Crippen LogP contribution >= 0.6 is 11.6 Å². The Morgan fingerprint density at radius 3 is 2.00 bits per heavy atom. The van der Waals surface area contributed by atoms with Crippen LogP contribution < -0.4 is 0 Å². The molecule has 0 N–H and O–H groups in total. The van der Waals surface area contributed by atoms with Gasteiger partial charge in [-0.05, 0) is 26.1 Å². The molecule has 7 heavy (non-hydrogen) atoms. The fourth-order valence-corrected chi connectivity index (χ4v) is 0.158. The van der Waals surface area contributed by atoms with Gasteiger partial charge in [0, 0.05) is 0 Å². The number of nitrogens with zero attached hydrogens (tertiary/aromatic N) is 1. The lowest BCUT2D eigenvalue weighted by molar-refractivity contribution is 1.31. The van der Waals surface area contributed by atoms with Gasteiger partial charge >= 0.3 is 0 Å². The Labute approximate surface area is 48.7 Å². The first-order chi connectivity index (χ1) is 3.18. The Kier molecular flexibility index (Phi) is 2.68. The van der Waals surface area contributed by atoms with E-state index in [0.717, 1.165) is 5.57 Å². The van der Waals surface area contributed by atoms with Gasteiger partial charge in [0.1, 0.15) is 5.16 Å². The second-order valence-electron chi connectivity index (χ2n) is 1.45. The standard InChI is InChI=1S/C5H8ClN/c1-4(2)5(6)7-3/h3H2,1-2H3. The molecule has 0 rings (SSSR count). The third-order valence-corrected chi connectivity index (χ3v) is 1.05. The molecule has 1 nitrogen and oxygen atoms in total. The minimum Gasteiger partial charge on any atom is -0.252 e. The van der Waals surface area contributed by atoms with Gasteiger partial charge in [-0.2, -0.15) is 0 Å². The molecule has 0 aromatic heterocycles. The van der Waals surface area contributed by atoms with E-state index in [-0.39, 0.29) is 0 Å². The molecule has 0 aliphatic carbocycles. The van der Waals surface area contributed by atoms with E-state index in [9.17, 15) is 0 Å². The molecular weight excluding hydrogens is 110 g/mol. The van der Waals surface area contributed by atoms with E-state index in [1.54, 1.807) is 0 Å². The van der Waals surface area contributed by atoms with E-state index < -0.39 is 0 Å². The van der Waals surface area contributed by atoms with Gasteiger partial charge in [-0.15, -0.1) is 0 Å². The van der Waals surface area contributed by atoms with Gasteiger partial charge in [-0.25, -0.2) is 0 Å². The second-order valence-corrected chi connectivity index (χ2v) is 1.81. The van der Waals surface area contributed by atoms with Crippen molar-refractivity contribution in [3.05, 3.63) is 10.7 Å².